The molecule has 18 heavy (non-hydrogen) atoms. The second-order valence-electron chi connectivity index (χ2n) is 4.47. The van der Waals surface area contributed by atoms with E-state index >= 15 is 0 Å². The fraction of sp³-hybridized carbons (Fsp3) is 0.600. The van der Waals surface area contributed by atoms with Crippen molar-refractivity contribution in [2.45, 2.75) is 27.3 Å². The van der Waals surface area contributed by atoms with E-state index < -0.39 is 0 Å². The molecular formula is C15H26N2O. The Balaban J connectivity index is 2.75. The molecule has 102 valence electrons. The molecule has 0 fully saturated rings. The minimum absolute atomic E-state index is 0.770. The molecule has 3 nitrogen and oxygen atoms in total. The summed E-state index contributed by atoms with van der Waals surface area (Å²) >= 11 is 0. The van der Waals surface area contributed by atoms with Gasteiger partial charge in [-0.1, -0.05) is 19.1 Å². The number of anilines is 1. The molecule has 0 radical (unpaired) electrons. The quantitative estimate of drug-likeness (QED) is 0.767. The van der Waals surface area contributed by atoms with Crippen LogP contribution in [0, 0.1) is 6.92 Å². The van der Waals surface area contributed by atoms with E-state index in [0.29, 0.717) is 0 Å². The van der Waals surface area contributed by atoms with Crippen molar-refractivity contribution >= 4 is 5.69 Å². The predicted octanol–water partition coefficient (Wildman–Crippen LogP) is 2.58. The lowest BCUT2D eigenvalue weighted by molar-refractivity contribution is 0.205. The summed E-state index contributed by atoms with van der Waals surface area (Å²) in [5.74, 6) is 0. The van der Waals surface area contributed by atoms with Crippen molar-refractivity contribution < 1.29 is 4.74 Å². The average Bonchev–Trinajstić information content (AvgIpc) is 2.39. The molecule has 0 spiro atoms. The van der Waals surface area contributed by atoms with E-state index in [2.05, 4.69) is 49.2 Å². The van der Waals surface area contributed by atoms with E-state index in [1.165, 1.54) is 16.8 Å². The van der Waals surface area contributed by atoms with Gasteiger partial charge in [-0.3, -0.25) is 0 Å². The number of likely N-dealkylation sites (N-methyl/N-ethyl adjacent to an activating group) is 1. The molecule has 1 N–H and O–H groups in total. The van der Waals surface area contributed by atoms with Crippen LogP contribution >= 0.6 is 0 Å². The van der Waals surface area contributed by atoms with E-state index in [-0.39, 0.29) is 0 Å². The van der Waals surface area contributed by atoms with Crippen LogP contribution in [-0.4, -0.2) is 33.4 Å². The fourth-order valence-corrected chi connectivity index (χ4v) is 2.10. The highest BCUT2D eigenvalue weighted by Gasteiger charge is 2.07. The van der Waals surface area contributed by atoms with Crippen LogP contribution in [-0.2, 0) is 11.3 Å². The molecule has 0 saturated heterocycles. The van der Waals surface area contributed by atoms with Crippen LogP contribution in [0.3, 0.4) is 0 Å². The first-order chi connectivity index (χ1) is 8.72. The highest BCUT2D eigenvalue weighted by Crippen LogP contribution is 2.21. The van der Waals surface area contributed by atoms with Crippen molar-refractivity contribution in [2.75, 3.05) is 38.3 Å². The SMILES string of the molecule is CCNCc1ccc(N(CC)CCOC)c(C)c1. The third kappa shape index (κ3) is 4.31. The molecule has 0 heterocycles. The van der Waals surface area contributed by atoms with Gasteiger partial charge in [0.05, 0.1) is 6.61 Å². The molecule has 3 heteroatoms. The van der Waals surface area contributed by atoms with E-state index in [1.54, 1.807) is 7.11 Å². The van der Waals surface area contributed by atoms with Crippen LogP contribution in [0.4, 0.5) is 5.69 Å². The Labute approximate surface area is 111 Å². The van der Waals surface area contributed by atoms with Crippen LogP contribution < -0.4 is 10.2 Å². The molecular weight excluding hydrogens is 224 g/mol. The molecule has 0 atom stereocenters. The molecule has 0 amide bonds. The van der Waals surface area contributed by atoms with Gasteiger partial charge >= 0.3 is 0 Å². The lowest BCUT2D eigenvalue weighted by Gasteiger charge is -2.25. The molecule has 0 bridgehead atoms. The Morgan fingerprint density at radius 1 is 1.28 bits per heavy atom. The summed E-state index contributed by atoms with van der Waals surface area (Å²) in [6.45, 7) is 11.2. The molecule has 0 saturated carbocycles. The zero-order valence-corrected chi connectivity index (χ0v) is 12.1. The number of nitrogens with zero attached hydrogens (tertiary/aromatic N) is 1. The highest BCUT2D eigenvalue weighted by molar-refractivity contribution is 5.54. The largest absolute Gasteiger partial charge is 0.383 e. The summed E-state index contributed by atoms with van der Waals surface area (Å²) < 4.78 is 5.16. The number of hydrogen-bond acceptors (Lipinski definition) is 3. The Morgan fingerprint density at radius 3 is 2.61 bits per heavy atom. The van der Waals surface area contributed by atoms with Crippen molar-refractivity contribution in [1.29, 1.82) is 0 Å². The number of ether oxygens (including phenoxy) is 1. The lowest BCUT2D eigenvalue weighted by Crippen LogP contribution is -2.27. The van der Waals surface area contributed by atoms with Crippen LogP contribution in [0.5, 0.6) is 0 Å². The molecule has 0 unspecified atom stereocenters. The summed E-state index contributed by atoms with van der Waals surface area (Å²) in [6.07, 6.45) is 0. The van der Waals surface area contributed by atoms with E-state index in [0.717, 1.165) is 32.8 Å². The van der Waals surface area contributed by atoms with Gasteiger partial charge in [-0.05, 0) is 37.6 Å². The maximum Gasteiger partial charge on any atom is 0.0637 e. The minimum atomic E-state index is 0.770. The summed E-state index contributed by atoms with van der Waals surface area (Å²) in [5.41, 5.74) is 4.00. The number of benzene rings is 1. The first kappa shape index (κ1) is 15.0. The second kappa shape index (κ2) is 8.11. The van der Waals surface area contributed by atoms with Crippen LogP contribution in [0.1, 0.15) is 25.0 Å². The Morgan fingerprint density at radius 2 is 2.06 bits per heavy atom. The van der Waals surface area contributed by atoms with Gasteiger partial charge in [-0.2, -0.15) is 0 Å². The maximum atomic E-state index is 5.16. The van der Waals surface area contributed by atoms with E-state index in [4.69, 9.17) is 4.74 Å². The van der Waals surface area contributed by atoms with E-state index in [9.17, 15) is 0 Å². The molecule has 1 aromatic rings. The number of rotatable bonds is 8. The minimum Gasteiger partial charge on any atom is -0.383 e. The van der Waals surface area contributed by atoms with Gasteiger partial charge in [0.25, 0.3) is 0 Å². The molecule has 0 aromatic heterocycles. The monoisotopic (exact) mass is 250 g/mol. The average molecular weight is 250 g/mol. The maximum absolute atomic E-state index is 5.16. The Bertz CT molecular complexity index is 352. The third-order valence-electron chi connectivity index (χ3n) is 3.13. The van der Waals surface area contributed by atoms with Gasteiger partial charge in [0, 0.05) is 32.4 Å². The summed E-state index contributed by atoms with van der Waals surface area (Å²) in [4.78, 5) is 2.36. The number of nitrogens with one attached hydrogen (secondary N) is 1. The normalized spacial score (nSPS) is 10.7. The van der Waals surface area contributed by atoms with Crippen LogP contribution in [0.25, 0.3) is 0 Å². The van der Waals surface area contributed by atoms with Crippen molar-refractivity contribution in [2.24, 2.45) is 0 Å². The lowest BCUT2D eigenvalue weighted by atomic mass is 10.1. The topological polar surface area (TPSA) is 24.5 Å². The Hall–Kier alpha value is -1.06. The molecule has 1 aromatic carbocycles. The zero-order valence-electron chi connectivity index (χ0n) is 12.1. The summed E-state index contributed by atoms with van der Waals surface area (Å²) in [7, 11) is 1.75. The van der Waals surface area contributed by atoms with Gasteiger partial charge in [0.1, 0.15) is 0 Å². The van der Waals surface area contributed by atoms with Crippen molar-refractivity contribution in [1.82, 2.24) is 5.32 Å². The second-order valence-corrected chi connectivity index (χ2v) is 4.47. The Kier molecular flexibility index (Phi) is 6.76. The van der Waals surface area contributed by atoms with E-state index in [1.807, 2.05) is 0 Å². The zero-order chi connectivity index (χ0) is 13.4. The third-order valence-corrected chi connectivity index (χ3v) is 3.13. The number of aryl methyl sites for hydroxylation is 1. The summed E-state index contributed by atoms with van der Waals surface area (Å²) in [5, 5.41) is 3.36. The van der Waals surface area contributed by atoms with Gasteiger partial charge in [0.15, 0.2) is 0 Å². The molecule has 0 aliphatic carbocycles. The van der Waals surface area contributed by atoms with Crippen LogP contribution in [0.15, 0.2) is 18.2 Å². The molecule has 0 aliphatic rings. The number of hydrogen-bond donors (Lipinski definition) is 1. The summed E-state index contributed by atoms with van der Waals surface area (Å²) in [6, 6.07) is 6.70. The van der Waals surface area contributed by atoms with Gasteiger partial charge in [0.2, 0.25) is 0 Å². The van der Waals surface area contributed by atoms with Crippen molar-refractivity contribution in [3.63, 3.8) is 0 Å². The van der Waals surface area contributed by atoms with Crippen molar-refractivity contribution in [3.8, 4) is 0 Å². The van der Waals surface area contributed by atoms with Gasteiger partial charge < -0.3 is 15.0 Å². The molecule has 0 aliphatic heterocycles. The van der Waals surface area contributed by atoms with Crippen LogP contribution in [0.2, 0.25) is 0 Å². The fourth-order valence-electron chi connectivity index (χ4n) is 2.10. The standard InChI is InChI=1S/C15H26N2O/c1-5-16-12-14-7-8-15(13(3)11-14)17(6-2)9-10-18-4/h7-8,11,16H,5-6,9-10,12H2,1-4H3. The molecule has 1 rings (SSSR count). The van der Waals surface area contributed by atoms with Gasteiger partial charge in [-0.25, -0.2) is 0 Å². The highest BCUT2D eigenvalue weighted by atomic mass is 16.5. The number of methoxy groups -OCH3 is 1. The predicted molar refractivity (Wildman–Crippen MR) is 78.3 cm³/mol. The van der Waals surface area contributed by atoms with Gasteiger partial charge in [-0.15, -0.1) is 0 Å². The smallest absolute Gasteiger partial charge is 0.0637 e. The van der Waals surface area contributed by atoms with Crippen molar-refractivity contribution in [3.05, 3.63) is 29.3 Å². The first-order valence-electron chi connectivity index (χ1n) is 6.77. The first-order valence-corrected chi connectivity index (χ1v) is 6.77.